The number of nitrogens with zero attached hydrogens (tertiary/aromatic N) is 4. The molecule has 24 heavy (non-hydrogen) atoms. The Kier molecular flexibility index (Phi) is 4.22. The van der Waals surface area contributed by atoms with Crippen LogP contribution >= 0.6 is 11.3 Å². The molecule has 1 fully saturated rings. The highest BCUT2D eigenvalue weighted by molar-refractivity contribution is 7.10. The topological polar surface area (TPSA) is 49.3 Å². The van der Waals surface area contributed by atoms with Crippen LogP contribution in [0.3, 0.4) is 0 Å². The van der Waals surface area contributed by atoms with Crippen LogP contribution in [-0.4, -0.2) is 40.4 Å². The molecule has 2 aromatic heterocycles. The number of hydrogen-bond acceptors (Lipinski definition) is 5. The standard InChI is InChI=1S/C18H22N4OS/c1-13-15-5-10-24-16(15)4-9-22(13)18(23)14-3-2-8-21(12-14)17-11-19-6-7-20-17/h5-7,10-11,13-14H,2-4,8-9,12H2,1H3. The van der Waals surface area contributed by atoms with Gasteiger partial charge in [-0.05, 0) is 43.2 Å². The summed E-state index contributed by atoms with van der Waals surface area (Å²) in [5, 5.41) is 2.14. The molecule has 2 unspecified atom stereocenters. The van der Waals surface area contributed by atoms with E-state index in [2.05, 4.69) is 38.1 Å². The van der Waals surface area contributed by atoms with Gasteiger partial charge < -0.3 is 9.80 Å². The third kappa shape index (κ3) is 2.79. The third-order valence-electron chi connectivity index (χ3n) is 5.20. The summed E-state index contributed by atoms with van der Waals surface area (Å²) in [6, 6.07) is 2.37. The molecule has 0 spiro atoms. The van der Waals surface area contributed by atoms with Crippen LogP contribution in [0.5, 0.6) is 0 Å². The average molecular weight is 342 g/mol. The number of carbonyl (C=O) groups is 1. The average Bonchev–Trinajstić information content (AvgIpc) is 3.12. The number of aromatic nitrogens is 2. The lowest BCUT2D eigenvalue weighted by Gasteiger charge is -2.39. The van der Waals surface area contributed by atoms with Crippen molar-refractivity contribution in [2.45, 2.75) is 32.2 Å². The zero-order chi connectivity index (χ0) is 16.5. The largest absolute Gasteiger partial charge is 0.355 e. The molecule has 0 N–H and O–H groups in total. The van der Waals surface area contributed by atoms with Gasteiger partial charge in [0, 0.05) is 36.9 Å². The zero-order valence-electron chi connectivity index (χ0n) is 13.9. The molecule has 4 heterocycles. The zero-order valence-corrected chi connectivity index (χ0v) is 14.7. The first kappa shape index (κ1) is 15.6. The van der Waals surface area contributed by atoms with Gasteiger partial charge in [-0.2, -0.15) is 0 Å². The second-order valence-corrected chi connectivity index (χ2v) is 7.61. The first-order valence-corrected chi connectivity index (χ1v) is 9.49. The molecule has 0 bridgehead atoms. The van der Waals surface area contributed by atoms with E-state index in [1.807, 2.05) is 11.3 Å². The number of hydrogen-bond donors (Lipinski definition) is 0. The van der Waals surface area contributed by atoms with Crippen molar-refractivity contribution in [3.8, 4) is 0 Å². The van der Waals surface area contributed by atoms with Gasteiger partial charge in [0.2, 0.25) is 5.91 Å². The highest BCUT2D eigenvalue weighted by Crippen LogP contribution is 2.34. The molecule has 4 rings (SSSR count). The Balaban J connectivity index is 1.48. The number of thiophene rings is 1. The van der Waals surface area contributed by atoms with Gasteiger partial charge in [-0.25, -0.2) is 4.98 Å². The van der Waals surface area contributed by atoms with Crippen molar-refractivity contribution in [2.24, 2.45) is 5.92 Å². The Morgan fingerprint density at radius 1 is 1.33 bits per heavy atom. The van der Waals surface area contributed by atoms with Crippen molar-refractivity contribution >= 4 is 23.1 Å². The summed E-state index contributed by atoms with van der Waals surface area (Å²) < 4.78 is 0. The van der Waals surface area contributed by atoms with Gasteiger partial charge >= 0.3 is 0 Å². The molecule has 5 nitrogen and oxygen atoms in total. The van der Waals surface area contributed by atoms with Crippen LogP contribution in [0.25, 0.3) is 0 Å². The summed E-state index contributed by atoms with van der Waals surface area (Å²) >= 11 is 1.81. The first-order valence-electron chi connectivity index (χ1n) is 8.62. The normalized spacial score (nSPS) is 23.9. The molecular formula is C18H22N4OS. The highest BCUT2D eigenvalue weighted by Gasteiger charge is 2.34. The highest BCUT2D eigenvalue weighted by atomic mass is 32.1. The van der Waals surface area contributed by atoms with Crippen molar-refractivity contribution < 1.29 is 4.79 Å². The van der Waals surface area contributed by atoms with E-state index in [0.29, 0.717) is 5.91 Å². The van der Waals surface area contributed by atoms with Gasteiger partial charge in [0.1, 0.15) is 5.82 Å². The second-order valence-electron chi connectivity index (χ2n) is 6.61. The molecule has 6 heteroatoms. The minimum Gasteiger partial charge on any atom is -0.355 e. The van der Waals surface area contributed by atoms with E-state index < -0.39 is 0 Å². The fraction of sp³-hybridized carbons (Fsp3) is 0.500. The summed E-state index contributed by atoms with van der Waals surface area (Å²) in [6.45, 7) is 4.70. The van der Waals surface area contributed by atoms with Crippen molar-refractivity contribution in [1.82, 2.24) is 14.9 Å². The van der Waals surface area contributed by atoms with Gasteiger partial charge in [-0.1, -0.05) is 0 Å². The van der Waals surface area contributed by atoms with Crippen LogP contribution in [-0.2, 0) is 11.2 Å². The van der Waals surface area contributed by atoms with Crippen LogP contribution in [0.4, 0.5) is 5.82 Å². The Bertz CT molecular complexity index is 717. The van der Waals surface area contributed by atoms with E-state index in [1.165, 1.54) is 10.4 Å². The maximum Gasteiger partial charge on any atom is 0.227 e. The number of fused-ring (bicyclic) bond motifs is 1. The lowest BCUT2D eigenvalue weighted by atomic mass is 9.93. The smallest absolute Gasteiger partial charge is 0.227 e. The number of carbonyl (C=O) groups excluding carboxylic acids is 1. The molecule has 126 valence electrons. The quantitative estimate of drug-likeness (QED) is 0.842. The van der Waals surface area contributed by atoms with E-state index in [9.17, 15) is 4.79 Å². The minimum absolute atomic E-state index is 0.0587. The Labute approximate surface area is 146 Å². The van der Waals surface area contributed by atoms with Gasteiger partial charge in [0.15, 0.2) is 0 Å². The Hall–Kier alpha value is -1.95. The van der Waals surface area contributed by atoms with Crippen LogP contribution in [0.1, 0.15) is 36.2 Å². The fourth-order valence-corrected chi connectivity index (χ4v) is 4.85. The van der Waals surface area contributed by atoms with E-state index in [4.69, 9.17) is 0 Å². The Morgan fingerprint density at radius 3 is 3.08 bits per heavy atom. The fourth-order valence-electron chi connectivity index (χ4n) is 3.89. The summed E-state index contributed by atoms with van der Waals surface area (Å²) in [6.07, 6.45) is 8.17. The summed E-state index contributed by atoms with van der Waals surface area (Å²) in [5.74, 6) is 1.23. The number of amides is 1. The summed E-state index contributed by atoms with van der Waals surface area (Å²) in [5.41, 5.74) is 1.33. The molecule has 1 amide bonds. The van der Waals surface area contributed by atoms with E-state index in [-0.39, 0.29) is 12.0 Å². The van der Waals surface area contributed by atoms with Gasteiger partial charge in [-0.15, -0.1) is 11.3 Å². The summed E-state index contributed by atoms with van der Waals surface area (Å²) in [4.78, 5) is 27.4. The molecule has 0 radical (unpaired) electrons. The number of anilines is 1. The van der Waals surface area contributed by atoms with Crippen molar-refractivity contribution in [2.75, 3.05) is 24.5 Å². The molecular weight excluding hydrogens is 320 g/mol. The molecule has 0 aliphatic carbocycles. The third-order valence-corrected chi connectivity index (χ3v) is 6.20. The molecule has 2 atom stereocenters. The van der Waals surface area contributed by atoms with Crippen LogP contribution < -0.4 is 4.90 Å². The van der Waals surface area contributed by atoms with Gasteiger partial charge in [-0.3, -0.25) is 9.78 Å². The van der Waals surface area contributed by atoms with E-state index in [1.54, 1.807) is 18.6 Å². The predicted octanol–water partition coefficient (Wildman–Crippen LogP) is 2.90. The van der Waals surface area contributed by atoms with Crippen molar-refractivity contribution in [1.29, 1.82) is 0 Å². The molecule has 0 saturated carbocycles. The van der Waals surface area contributed by atoms with E-state index in [0.717, 1.165) is 44.7 Å². The number of piperidine rings is 1. The van der Waals surface area contributed by atoms with Gasteiger partial charge in [0.25, 0.3) is 0 Å². The maximum absolute atomic E-state index is 13.1. The Morgan fingerprint density at radius 2 is 2.25 bits per heavy atom. The molecule has 0 aromatic carbocycles. The van der Waals surface area contributed by atoms with Crippen LogP contribution in [0.15, 0.2) is 30.0 Å². The SMILES string of the molecule is CC1c2ccsc2CCN1C(=O)C1CCCN(c2cnccn2)C1. The van der Waals surface area contributed by atoms with E-state index >= 15 is 0 Å². The van der Waals surface area contributed by atoms with Crippen LogP contribution in [0, 0.1) is 5.92 Å². The first-order chi connectivity index (χ1) is 11.7. The second kappa shape index (κ2) is 6.51. The maximum atomic E-state index is 13.1. The minimum atomic E-state index is 0.0587. The number of rotatable bonds is 2. The monoisotopic (exact) mass is 342 g/mol. The van der Waals surface area contributed by atoms with Crippen molar-refractivity contribution in [3.63, 3.8) is 0 Å². The summed E-state index contributed by atoms with van der Waals surface area (Å²) in [7, 11) is 0. The molecule has 2 aromatic rings. The van der Waals surface area contributed by atoms with Crippen LogP contribution in [0.2, 0.25) is 0 Å². The predicted molar refractivity (Wildman–Crippen MR) is 95.1 cm³/mol. The van der Waals surface area contributed by atoms with Gasteiger partial charge in [0.05, 0.1) is 18.2 Å². The molecule has 2 aliphatic heterocycles. The molecule has 2 aliphatic rings. The lowest BCUT2D eigenvalue weighted by Crippen LogP contribution is -2.47. The lowest BCUT2D eigenvalue weighted by molar-refractivity contribution is -0.138. The molecule has 1 saturated heterocycles. The van der Waals surface area contributed by atoms with Crippen molar-refractivity contribution in [3.05, 3.63) is 40.5 Å².